The summed E-state index contributed by atoms with van der Waals surface area (Å²) in [5, 5.41) is 6.84. The van der Waals surface area contributed by atoms with E-state index in [4.69, 9.17) is 0 Å². The van der Waals surface area contributed by atoms with Crippen LogP contribution in [0, 0.1) is 6.92 Å². The number of benzene rings is 2. The van der Waals surface area contributed by atoms with E-state index in [1.165, 1.54) is 17.9 Å². The minimum Gasteiger partial charge on any atom is -0.361 e. The third-order valence-corrected chi connectivity index (χ3v) is 4.16. The Kier molecular flexibility index (Phi) is 4.84. The van der Waals surface area contributed by atoms with Crippen molar-refractivity contribution in [2.75, 3.05) is 11.9 Å². The maximum absolute atomic E-state index is 12.5. The molecule has 0 atom stereocenters. The minimum absolute atomic E-state index is 0.135. The van der Waals surface area contributed by atoms with E-state index in [1.54, 1.807) is 12.1 Å². The van der Waals surface area contributed by atoms with Crippen LogP contribution in [0.3, 0.4) is 0 Å². The van der Waals surface area contributed by atoms with Crippen LogP contribution >= 0.6 is 0 Å². The van der Waals surface area contributed by atoms with Crippen molar-refractivity contribution in [3.8, 4) is 0 Å². The third kappa shape index (κ3) is 3.88. The molecule has 0 fully saturated rings. The highest BCUT2D eigenvalue weighted by Crippen LogP contribution is 2.18. The van der Waals surface area contributed by atoms with E-state index in [0.29, 0.717) is 17.8 Å². The highest BCUT2D eigenvalue weighted by atomic mass is 16.2. The summed E-state index contributed by atoms with van der Waals surface area (Å²) in [6.07, 6.45) is 2.74. The molecule has 3 aromatic rings. The lowest BCUT2D eigenvalue weighted by Crippen LogP contribution is -2.26. The molecule has 3 N–H and O–H groups in total. The summed E-state index contributed by atoms with van der Waals surface area (Å²) < 4.78 is 0. The number of nitrogens with one attached hydrogen (secondary N) is 3. The van der Waals surface area contributed by atoms with Crippen LogP contribution in [0.2, 0.25) is 0 Å². The fraction of sp³-hybridized carbons (Fsp3) is 0.200. The average molecular weight is 335 g/mol. The number of rotatable bonds is 5. The number of amides is 2. The number of carbonyl (C=O) groups is 2. The molecule has 0 aliphatic heterocycles. The van der Waals surface area contributed by atoms with Crippen molar-refractivity contribution in [3.63, 3.8) is 0 Å². The van der Waals surface area contributed by atoms with E-state index in [2.05, 4.69) is 21.7 Å². The van der Waals surface area contributed by atoms with E-state index in [-0.39, 0.29) is 11.8 Å². The zero-order chi connectivity index (χ0) is 17.8. The summed E-state index contributed by atoms with van der Waals surface area (Å²) >= 11 is 0. The Bertz CT molecular complexity index is 928. The second kappa shape index (κ2) is 7.21. The van der Waals surface area contributed by atoms with Crippen molar-refractivity contribution < 1.29 is 9.59 Å². The predicted molar refractivity (Wildman–Crippen MR) is 99.8 cm³/mol. The van der Waals surface area contributed by atoms with Gasteiger partial charge in [0.2, 0.25) is 5.91 Å². The lowest BCUT2D eigenvalue weighted by molar-refractivity contribution is -0.114. The second-order valence-electron chi connectivity index (χ2n) is 6.08. The normalized spacial score (nSPS) is 10.6. The molecule has 0 saturated heterocycles. The van der Waals surface area contributed by atoms with E-state index in [9.17, 15) is 9.59 Å². The topological polar surface area (TPSA) is 74.0 Å². The van der Waals surface area contributed by atoms with E-state index >= 15 is 0 Å². The Balaban J connectivity index is 1.65. The average Bonchev–Trinajstić information content (AvgIpc) is 2.99. The van der Waals surface area contributed by atoms with Gasteiger partial charge in [-0.2, -0.15) is 0 Å². The monoisotopic (exact) mass is 335 g/mol. The smallest absolute Gasteiger partial charge is 0.251 e. The minimum atomic E-state index is -0.158. The van der Waals surface area contributed by atoms with E-state index < -0.39 is 0 Å². The van der Waals surface area contributed by atoms with Gasteiger partial charge in [0.15, 0.2) is 0 Å². The molecule has 3 rings (SSSR count). The number of para-hydroxylation sites is 1. The van der Waals surface area contributed by atoms with Gasteiger partial charge in [0.1, 0.15) is 0 Å². The van der Waals surface area contributed by atoms with Crippen molar-refractivity contribution in [1.29, 1.82) is 0 Å². The Morgan fingerprint density at radius 3 is 2.72 bits per heavy atom. The summed E-state index contributed by atoms with van der Waals surface area (Å²) in [4.78, 5) is 26.9. The molecule has 25 heavy (non-hydrogen) atoms. The van der Waals surface area contributed by atoms with Crippen molar-refractivity contribution in [2.45, 2.75) is 20.3 Å². The van der Waals surface area contributed by atoms with Gasteiger partial charge < -0.3 is 15.6 Å². The standard InChI is InChI=1S/C20H21N3O2/c1-13-7-8-16(23-14(2)24)11-18(13)20(25)21-10-9-15-12-22-19-6-4-3-5-17(15)19/h3-8,11-12,22H,9-10H2,1-2H3,(H,21,25)(H,23,24). The number of H-pyrrole nitrogens is 1. The van der Waals surface area contributed by atoms with Crippen LogP contribution in [0.5, 0.6) is 0 Å². The summed E-state index contributed by atoms with van der Waals surface area (Å²) in [6.45, 7) is 3.87. The molecular formula is C20H21N3O2. The molecular weight excluding hydrogens is 314 g/mol. The third-order valence-electron chi connectivity index (χ3n) is 4.16. The Hall–Kier alpha value is -3.08. The molecule has 5 heteroatoms. The van der Waals surface area contributed by atoms with Gasteiger partial charge in [-0.3, -0.25) is 9.59 Å². The highest BCUT2D eigenvalue weighted by Gasteiger charge is 2.11. The number of anilines is 1. The number of carbonyl (C=O) groups excluding carboxylic acids is 2. The molecule has 2 aromatic carbocycles. The summed E-state index contributed by atoms with van der Waals surface area (Å²) in [7, 11) is 0. The zero-order valence-electron chi connectivity index (χ0n) is 14.3. The van der Waals surface area contributed by atoms with Gasteiger partial charge in [-0.15, -0.1) is 0 Å². The van der Waals surface area contributed by atoms with Crippen LogP contribution < -0.4 is 10.6 Å². The number of hydrogen-bond donors (Lipinski definition) is 3. The predicted octanol–water partition coefficient (Wildman–Crippen LogP) is 3.41. The summed E-state index contributed by atoms with van der Waals surface area (Å²) in [5.41, 5.74) is 4.35. The van der Waals surface area contributed by atoms with Gasteiger partial charge >= 0.3 is 0 Å². The van der Waals surface area contributed by atoms with Gasteiger partial charge in [0.05, 0.1) is 0 Å². The molecule has 0 aliphatic rings. The lowest BCUT2D eigenvalue weighted by Gasteiger charge is -2.10. The molecule has 0 saturated carbocycles. The molecule has 0 spiro atoms. The van der Waals surface area contributed by atoms with Crippen LogP contribution in [-0.4, -0.2) is 23.3 Å². The van der Waals surface area contributed by atoms with Crippen LogP contribution in [0.15, 0.2) is 48.7 Å². The number of aromatic amines is 1. The van der Waals surface area contributed by atoms with Gasteiger partial charge in [-0.05, 0) is 42.7 Å². The first-order valence-corrected chi connectivity index (χ1v) is 8.26. The number of aromatic nitrogens is 1. The molecule has 5 nitrogen and oxygen atoms in total. The van der Waals surface area contributed by atoms with Crippen LogP contribution in [0.1, 0.15) is 28.4 Å². The molecule has 0 bridgehead atoms. The first kappa shape index (κ1) is 16.8. The van der Waals surface area contributed by atoms with Crippen molar-refractivity contribution in [1.82, 2.24) is 10.3 Å². The van der Waals surface area contributed by atoms with Crippen molar-refractivity contribution in [2.24, 2.45) is 0 Å². The van der Waals surface area contributed by atoms with Gasteiger partial charge in [0.25, 0.3) is 5.91 Å². The molecule has 128 valence electrons. The van der Waals surface area contributed by atoms with Crippen molar-refractivity contribution >= 4 is 28.4 Å². The van der Waals surface area contributed by atoms with E-state index in [1.807, 2.05) is 37.4 Å². The molecule has 1 aromatic heterocycles. The molecule has 2 amide bonds. The molecule has 0 unspecified atom stereocenters. The van der Waals surface area contributed by atoms with Gasteiger partial charge in [-0.1, -0.05) is 24.3 Å². The number of hydrogen-bond acceptors (Lipinski definition) is 2. The van der Waals surface area contributed by atoms with E-state index in [0.717, 1.165) is 17.5 Å². The van der Waals surface area contributed by atoms with Crippen molar-refractivity contribution in [3.05, 3.63) is 65.4 Å². The summed E-state index contributed by atoms with van der Waals surface area (Å²) in [5.74, 6) is -0.293. The molecule has 1 heterocycles. The Morgan fingerprint density at radius 1 is 1.12 bits per heavy atom. The number of aryl methyl sites for hydroxylation is 1. The van der Waals surface area contributed by atoms with Crippen LogP contribution in [0.4, 0.5) is 5.69 Å². The summed E-state index contributed by atoms with van der Waals surface area (Å²) in [6, 6.07) is 13.4. The van der Waals surface area contributed by atoms with Gasteiger partial charge in [0, 0.05) is 41.8 Å². The maximum Gasteiger partial charge on any atom is 0.251 e. The maximum atomic E-state index is 12.5. The Morgan fingerprint density at radius 2 is 1.92 bits per heavy atom. The van der Waals surface area contributed by atoms with Crippen LogP contribution in [-0.2, 0) is 11.2 Å². The first-order valence-electron chi connectivity index (χ1n) is 8.26. The van der Waals surface area contributed by atoms with Gasteiger partial charge in [-0.25, -0.2) is 0 Å². The largest absolute Gasteiger partial charge is 0.361 e. The Labute approximate surface area is 146 Å². The van der Waals surface area contributed by atoms with Crippen LogP contribution in [0.25, 0.3) is 10.9 Å². The molecule has 0 radical (unpaired) electrons. The second-order valence-corrected chi connectivity index (χ2v) is 6.08. The SMILES string of the molecule is CC(=O)Nc1ccc(C)c(C(=O)NCCc2c[nH]c3ccccc23)c1. The highest BCUT2D eigenvalue weighted by molar-refractivity contribution is 5.98. The quantitative estimate of drug-likeness (QED) is 0.668. The fourth-order valence-electron chi connectivity index (χ4n) is 2.89. The zero-order valence-corrected chi connectivity index (χ0v) is 14.3. The fourth-order valence-corrected chi connectivity index (χ4v) is 2.89. The number of fused-ring (bicyclic) bond motifs is 1. The first-order chi connectivity index (χ1) is 12.0. The lowest BCUT2D eigenvalue weighted by atomic mass is 10.1. The molecule has 0 aliphatic carbocycles.